The van der Waals surface area contributed by atoms with Crippen LogP contribution in [0.3, 0.4) is 0 Å². The van der Waals surface area contributed by atoms with E-state index in [1.54, 1.807) is 30.3 Å². The zero-order valence-corrected chi connectivity index (χ0v) is 14.7. The molecule has 0 N–H and O–H groups in total. The average molecular weight is 366 g/mol. The number of allylic oxidation sites excluding steroid dienone is 1. The van der Waals surface area contributed by atoms with Crippen LogP contribution in [0.4, 0.5) is 5.69 Å². The van der Waals surface area contributed by atoms with E-state index in [-0.39, 0.29) is 5.69 Å². The molecule has 0 aliphatic heterocycles. The van der Waals surface area contributed by atoms with Crippen LogP contribution in [-0.2, 0) is 0 Å². The minimum atomic E-state index is -0.444. The number of nitro benzene ring substituents is 1. The van der Waals surface area contributed by atoms with Crippen LogP contribution in [0.25, 0.3) is 33.7 Å². The van der Waals surface area contributed by atoms with Crippen molar-refractivity contribution in [2.75, 3.05) is 0 Å². The third kappa shape index (κ3) is 3.39. The smallest absolute Gasteiger partial charge is 0.270 e. The standard InChI is InChI=1S/C23H14N2O3/c24-15-20(18-9-8-16-4-1-2-5-17(16)12-18)14-22-10-11-23(28-22)19-6-3-7-21(13-19)25(26)27/h1-14H/b20-14-. The molecule has 5 nitrogen and oxygen atoms in total. The van der Waals surface area contributed by atoms with E-state index in [2.05, 4.69) is 6.07 Å². The Hall–Kier alpha value is -4.17. The summed E-state index contributed by atoms with van der Waals surface area (Å²) in [6.45, 7) is 0. The zero-order valence-electron chi connectivity index (χ0n) is 14.7. The second-order valence-corrected chi connectivity index (χ2v) is 6.24. The Labute approximate surface area is 160 Å². The highest BCUT2D eigenvalue weighted by atomic mass is 16.6. The van der Waals surface area contributed by atoms with Gasteiger partial charge in [-0.25, -0.2) is 0 Å². The van der Waals surface area contributed by atoms with Crippen LogP contribution in [0.1, 0.15) is 11.3 Å². The quantitative estimate of drug-likeness (QED) is 0.249. The molecule has 3 aromatic carbocycles. The first-order chi connectivity index (χ1) is 13.6. The molecule has 0 fully saturated rings. The van der Waals surface area contributed by atoms with Gasteiger partial charge in [0.2, 0.25) is 0 Å². The molecule has 0 amide bonds. The molecule has 0 atom stereocenters. The summed E-state index contributed by atoms with van der Waals surface area (Å²) >= 11 is 0. The minimum absolute atomic E-state index is 0.000121. The van der Waals surface area contributed by atoms with Gasteiger partial charge in [-0.2, -0.15) is 5.26 Å². The Morgan fingerprint density at radius 1 is 0.964 bits per heavy atom. The molecule has 5 heteroatoms. The molecular weight excluding hydrogens is 352 g/mol. The molecule has 0 aliphatic rings. The summed E-state index contributed by atoms with van der Waals surface area (Å²) in [6.07, 6.45) is 1.67. The van der Waals surface area contributed by atoms with E-state index in [0.29, 0.717) is 22.7 Å². The summed E-state index contributed by atoms with van der Waals surface area (Å²) in [6, 6.07) is 25.7. The number of non-ortho nitro benzene ring substituents is 1. The van der Waals surface area contributed by atoms with Crippen LogP contribution in [-0.4, -0.2) is 4.92 Å². The van der Waals surface area contributed by atoms with Crippen LogP contribution in [0, 0.1) is 21.4 Å². The highest BCUT2D eigenvalue weighted by Gasteiger charge is 2.10. The fourth-order valence-corrected chi connectivity index (χ4v) is 3.04. The molecule has 4 rings (SSSR count). The van der Waals surface area contributed by atoms with Crippen LogP contribution >= 0.6 is 0 Å². The van der Waals surface area contributed by atoms with Gasteiger partial charge in [-0.3, -0.25) is 10.1 Å². The fourth-order valence-electron chi connectivity index (χ4n) is 3.04. The number of nitriles is 1. The van der Waals surface area contributed by atoms with Crippen molar-refractivity contribution in [3.8, 4) is 17.4 Å². The molecule has 134 valence electrons. The molecule has 0 saturated carbocycles. The molecule has 1 heterocycles. The number of furan rings is 1. The SMILES string of the molecule is N#C/C(=C/c1ccc(-c2cccc([N+](=O)[O-])c2)o1)c1ccc2ccccc2c1. The van der Waals surface area contributed by atoms with Gasteiger partial charge in [0.05, 0.1) is 16.6 Å². The van der Waals surface area contributed by atoms with Crippen LogP contribution in [0.5, 0.6) is 0 Å². The van der Waals surface area contributed by atoms with Crippen molar-refractivity contribution in [3.05, 3.63) is 100 Å². The number of nitro groups is 1. The maximum absolute atomic E-state index is 11.0. The maximum atomic E-state index is 11.0. The van der Waals surface area contributed by atoms with Gasteiger partial charge >= 0.3 is 0 Å². The van der Waals surface area contributed by atoms with Crippen molar-refractivity contribution in [2.45, 2.75) is 0 Å². The first kappa shape index (κ1) is 17.3. The number of rotatable bonds is 4. The third-order valence-electron chi connectivity index (χ3n) is 4.44. The zero-order chi connectivity index (χ0) is 19.5. The largest absolute Gasteiger partial charge is 0.457 e. The monoisotopic (exact) mass is 366 g/mol. The van der Waals surface area contributed by atoms with Crippen molar-refractivity contribution in [2.24, 2.45) is 0 Å². The van der Waals surface area contributed by atoms with Gasteiger partial charge in [-0.05, 0) is 40.6 Å². The van der Waals surface area contributed by atoms with E-state index >= 15 is 0 Å². The van der Waals surface area contributed by atoms with E-state index in [1.807, 2.05) is 42.5 Å². The molecular formula is C23H14N2O3. The van der Waals surface area contributed by atoms with Gasteiger partial charge < -0.3 is 4.42 Å². The van der Waals surface area contributed by atoms with Crippen molar-refractivity contribution < 1.29 is 9.34 Å². The number of fused-ring (bicyclic) bond motifs is 1. The lowest BCUT2D eigenvalue weighted by Crippen LogP contribution is -1.87. The Bertz CT molecular complexity index is 1260. The molecule has 1 aromatic heterocycles. The fraction of sp³-hybridized carbons (Fsp3) is 0. The minimum Gasteiger partial charge on any atom is -0.457 e. The van der Waals surface area contributed by atoms with Crippen LogP contribution in [0.15, 0.2) is 83.3 Å². The van der Waals surface area contributed by atoms with Crippen molar-refractivity contribution in [1.29, 1.82) is 5.26 Å². The Kier molecular flexibility index (Phi) is 4.45. The highest BCUT2D eigenvalue weighted by molar-refractivity contribution is 5.93. The number of hydrogen-bond donors (Lipinski definition) is 0. The van der Waals surface area contributed by atoms with Crippen molar-refractivity contribution >= 4 is 28.1 Å². The first-order valence-electron chi connectivity index (χ1n) is 8.60. The second kappa shape index (κ2) is 7.22. The maximum Gasteiger partial charge on any atom is 0.270 e. The molecule has 0 bridgehead atoms. The van der Waals surface area contributed by atoms with E-state index < -0.39 is 4.92 Å². The Morgan fingerprint density at radius 3 is 2.57 bits per heavy atom. The van der Waals surface area contributed by atoms with Crippen molar-refractivity contribution in [1.82, 2.24) is 0 Å². The number of nitrogens with zero attached hydrogens (tertiary/aromatic N) is 2. The lowest BCUT2D eigenvalue weighted by molar-refractivity contribution is -0.384. The van der Waals surface area contributed by atoms with E-state index in [4.69, 9.17) is 4.42 Å². The molecule has 0 radical (unpaired) electrons. The predicted molar refractivity (Wildman–Crippen MR) is 108 cm³/mol. The van der Waals surface area contributed by atoms with Gasteiger partial charge in [0.25, 0.3) is 5.69 Å². The molecule has 0 spiro atoms. The second-order valence-electron chi connectivity index (χ2n) is 6.24. The normalized spacial score (nSPS) is 11.3. The van der Waals surface area contributed by atoms with Crippen molar-refractivity contribution in [3.63, 3.8) is 0 Å². The van der Waals surface area contributed by atoms with Crippen LogP contribution in [0.2, 0.25) is 0 Å². The first-order valence-corrected chi connectivity index (χ1v) is 8.60. The summed E-state index contributed by atoms with van der Waals surface area (Å²) in [4.78, 5) is 10.5. The Morgan fingerprint density at radius 2 is 1.79 bits per heavy atom. The summed E-state index contributed by atoms with van der Waals surface area (Å²) in [5.41, 5.74) is 1.89. The van der Waals surface area contributed by atoms with E-state index in [1.165, 1.54) is 12.1 Å². The van der Waals surface area contributed by atoms with Gasteiger partial charge in [-0.15, -0.1) is 0 Å². The molecule has 0 unspecified atom stereocenters. The molecule has 0 aliphatic carbocycles. The lowest BCUT2D eigenvalue weighted by Gasteiger charge is -2.02. The summed E-state index contributed by atoms with van der Waals surface area (Å²) < 4.78 is 5.80. The summed E-state index contributed by atoms with van der Waals surface area (Å²) in [7, 11) is 0. The van der Waals surface area contributed by atoms with Crippen LogP contribution < -0.4 is 0 Å². The third-order valence-corrected chi connectivity index (χ3v) is 4.44. The van der Waals surface area contributed by atoms with E-state index in [0.717, 1.165) is 16.3 Å². The van der Waals surface area contributed by atoms with E-state index in [9.17, 15) is 15.4 Å². The molecule has 0 saturated heterocycles. The van der Waals surface area contributed by atoms with Gasteiger partial charge in [0.15, 0.2) is 0 Å². The lowest BCUT2D eigenvalue weighted by atomic mass is 10.0. The number of hydrogen-bond acceptors (Lipinski definition) is 4. The summed E-state index contributed by atoms with van der Waals surface area (Å²) in [5.74, 6) is 1.01. The van der Waals surface area contributed by atoms with Gasteiger partial charge in [0, 0.05) is 17.7 Å². The highest BCUT2D eigenvalue weighted by Crippen LogP contribution is 2.28. The van der Waals surface area contributed by atoms with Gasteiger partial charge in [0.1, 0.15) is 11.5 Å². The van der Waals surface area contributed by atoms with Gasteiger partial charge in [-0.1, -0.05) is 48.5 Å². The predicted octanol–water partition coefficient (Wildman–Crippen LogP) is 6.07. The average Bonchev–Trinajstić information content (AvgIpc) is 3.20. The molecule has 28 heavy (non-hydrogen) atoms. The topological polar surface area (TPSA) is 80.1 Å². The molecule has 4 aromatic rings. The summed E-state index contributed by atoms with van der Waals surface area (Å²) in [5, 5.41) is 22.7. The Balaban J connectivity index is 1.69. The number of benzene rings is 3.